The molecule has 1 rings (SSSR count). The number of halogens is 3. The molecule has 0 saturated heterocycles. The molecule has 0 atom stereocenters. The topological polar surface area (TPSA) is 92.5 Å². The average molecular weight is 295 g/mol. The summed E-state index contributed by atoms with van der Waals surface area (Å²) in [5.74, 6) is -4.61. The number of rotatable bonds is 5. The standard InChI is InChI=1S/C10H9ClF2N2O4/c11-6-2-1-3-7(15(18)19)8(6)9(17)14-4-10(12,13)5-16/h1-3,16H,4-5H2,(H,14,17). The molecule has 0 aliphatic carbocycles. The van der Waals surface area contributed by atoms with Crippen molar-refractivity contribution in [2.45, 2.75) is 5.92 Å². The van der Waals surface area contributed by atoms with Crippen LogP contribution in [-0.2, 0) is 0 Å². The smallest absolute Gasteiger partial charge is 0.287 e. The Morgan fingerprint density at radius 1 is 1.53 bits per heavy atom. The van der Waals surface area contributed by atoms with Gasteiger partial charge in [0.05, 0.1) is 16.5 Å². The number of nitrogens with zero attached hydrogens (tertiary/aromatic N) is 1. The molecule has 6 nitrogen and oxygen atoms in total. The molecule has 0 saturated carbocycles. The Balaban J connectivity index is 2.97. The first-order valence-electron chi connectivity index (χ1n) is 4.98. The summed E-state index contributed by atoms with van der Waals surface area (Å²) in [6.45, 7) is -2.59. The van der Waals surface area contributed by atoms with E-state index in [1.165, 1.54) is 12.1 Å². The van der Waals surface area contributed by atoms with Gasteiger partial charge in [-0.2, -0.15) is 0 Å². The van der Waals surface area contributed by atoms with Gasteiger partial charge in [-0.05, 0) is 6.07 Å². The number of nitrogens with one attached hydrogen (secondary N) is 1. The molecule has 0 unspecified atom stereocenters. The number of hydrogen-bond donors (Lipinski definition) is 2. The fraction of sp³-hybridized carbons (Fsp3) is 0.300. The van der Waals surface area contributed by atoms with Crippen LogP contribution in [0.5, 0.6) is 0 Å². The molecule has 0 spiro atoms. The minimum atomic E-state index is -3.51. The predicted molar refractivity (Wildman–Crippen MR) is 62.5 cm³/mol. The molecule has 104 valence electrons. The van der Waals surface area contributed by atoms with Gasteiger partial charge in [-0.15, -0.1) is 0 Å². The van der Waals surface area contributed by atoms with E-state index in [4.69, 9.17) is 16.7 Å². The largest absolute Gasteiger partial charge is 0.390 e. The molecular weight excluding hydrogens is 286 g/mol. The second kappa shape index (κ2) is 5.89. The summed E-state index contributed by atoms with van der Waals surface area (Å²) in [5.41, 5.74) is -1.08. The Kier molecular flexibility index (Phi) is 4.73. The number of amides is 1. The molecule has 0 radical (unpaired) electrons. The number of aliphatic hydroxyl groups is 1. The maximum atomic E-state index is 12.8. The van der Waals surface area contributed by atoms with Crippen molar-refractivity contribution < 1.29 is 23.6 Å². The Labute approximate surface area is 111 Å². The van der Waals surface area contributed by atoms with Gasteiger partial charge < -0.3 is 10.4 Å². The molecule has 0 bridgehead atoms. The third kappa shape index (κ3) is 3.83. The van der Waals surface area contributed by atoms with Crippen LogP contribution in [0, 0.1) is 10.1 Å². The van der Waals surface area contributed by atoms with E-state index in [9.17, 15) is 23.7 Å². The Morgan fingerprint density at radius 2 is 2.16 bits per heavy atom. The summed E-state index contributed by atoms with van der Waals surface area (Å²) in [6.07, 6.45) is 0. The van der Waals surface area contributed by atoms with Crippen molar-refractivity contribution in [2.75, 3.05) is 13.2 Å². The van der Waals surface area contributed by atoms with Crippen molar-refractivity contribution in [3.63, 3.8) is 0 Å². The van der Waals surface area contributed by atoms with Crippen LogP contribution < -0.4 is 5.32 Å². The summed E-state index contributed by atoms with van der Waals surface area (Å²) < 4.78 is 25.5. The minimum absolute atomic E-state index is 0.223. The average Bonchev–Trinajstić information content (AvgIpc) is 2.35. The highest BCUT2D eigenvalue weighted by atomic mass is 35.5. The van der Waals surface area contributed by atoms with Crippen LogP contribution in [0.1, 0.15) is 10.4 Å². The highest BCUT2D eigenvalue weighted by Crippen LogP contribution is 2.26. The van der Waals surface area contributed by atoms with E-state index in [-0.39, 0.29) is 5.02 Å². The van der Waals surface area contributed by atoms with Crippen molar-refractivity contribution in [3.8, 4) is 0 Å². The number of nitro groups is 1. The third-order valence-corrected chi connectivity index (χ3v) is 2.47. The number of benzene rings is 1. The van der Waals surface area contributed by atoms with Crippen LogP contribution in [0.3, 0.4) is 0 Å². The van der Waals surface area contributed by atoms with E-state index >= 15 is 0 Å². The Hall–Kier alpha value is -1.80. The van der Waals surface area contributed by atoms with Crippen LogP contribution in [0.2, 0.25) is 5.02 Å². The fourth-order valence-electron chi connectivity index (χ4n) is 1.24. The number of nitro benzene ring substituents is 1. The molecule has 0 aromatic heterocycles. The first-order chi connectivity index (χ1) is 8.78. The van der Waals surface area contributed by atoms with E-state index in [1.807, 2.05) is 0 Å². The van der Waals surface area contributed by atoms with Gasteiger partial charge in [0.1, 0.15) is 12.2 Å². The number of alkyl halides is 2. The Bertz CT molecular complexity index is 510. The van der Waals surface area contributed by atoms with Gasteiger partial charge in [0.15, 0.2) is 0 Å². The summed E-state index contributed by atoms with van der Waals surface area (Å²) in [6, 6.07) is 3.53. The van der Waals surface area contributed by atoms with E-state index in [2.05, 4.69) is 0 Å². The zero-order chi connectivity index (χ0) is 14.6. The van der Waals surface area contributed by atoms with Gasteiger partial charge >= 0.3 is 0 Å². The lowest BCUT2D eigenvalue weighted by Crippen LogP contribution is -2.39. The molecule has 1 aromatic carbocycles. The number of aliphatic hydroxyl groups excluding tert-OH is 1. The van der Waals surface area contributed by atoms with Crippen molar-refractivity contribution >= 4 is 23.2 Å². The van der Waals surface area contributed by atoms with Crippen LogP contribution in [0.25, 0.3) is 0 Å². The highest BCUT2D eigenvalue weighted by molar-refractivity contribution is 6.34. The predicted octanol–water partition coefficient (Wildman–Crippen LogP) is 1.61. The second-order valence-electron chi connectivity index (χ2n) is 3.59. The SMILES string of the molecule is O=C(NCC(F)(F)CO)c1c(Cl)cccc1[N+](=O)[O-]. The zero-order valence-electron chi connectivity index (χ0n) is 9.40. The van der Waals surface area contributed by atoms with Crippen LogP contribution >= 0.6 is 11.6 Å². The lowest BCUT2D eigenvalue weighted by atomic mass is 10.1. The van der Waals surface area contributed by atoms with Gasteiger partial charge in [0, 0.05) is 6.07 Å². The Morgan fingerprint density at radius 3 is 2.68 bits per heavy atom. The molecule has 9 heteroatoms. The molecule has 0 heterocycles. The molecule has 19 heavy (non-hydrogen) atoms. The van der Waals surface area contributed by atoms with Gasteiger partial charge in [0.2, 0.25) is 0 Å². The van der Waals surface area contributed by atoms with E-state index in [1.54, 1.807) is 5.32 Å². The second-order valence-corrected chi connectivity index (χ2v) is 4.00. The quantitative estimate of drug-likeness (QED) is 0.637. The van der Waals surface area contributed by atoms with E-state index in [0.29, 0.717) is 0 Å². The number of carbonyl (C=O) groups is 1. The van der Waals surface area contributed by atoms with Gasteiger partial charge in [0.25, 0.3) is 17.5 Å². The number of hydrogen-bond acceptors (Lipinski definition) is 4. The summed E-state index contributed by atoms with van der Waals surface area (Å²) >= 11 is 5.65. The normalized spacial score (nSPS) is 11.2. The van der Waals surface area contributed by atoms with Crippen molar-refractivity contribution in [1.82, 2.24) is 5.32 Å². The molecule has 1 aromatic rings. The lowest BCUT2D eigenvalue weighted by molar-refractivity contribution is -0.385. The molecule has 0 aliphatic heterocycles. The third-order valence-electron chi connectivity index (χ3n) is 2.15. The van der Waals surface area contributed by atoms with E-state index < -0.39 is 41.2 Å². The van der Waals surface area contributed by atoms with E-state index in [0.717, 1.165) is 6.07 Å². The van der Waals surface area contributed by atoms with Gasteiger partial charge in [-0.3, -0.25) is 14.9 Å². The van der Waals surface area contributed by atoms with Crippen molar-refractivity contribution in [1.29, 1.82) is 0 Å². The summed E-state index contributed by atoms with van der Waals surface area (Å²) in [4.78, 5) is 21.5. The molecule has 2 N–H and O–H groups in total. The zero-order valence-corrected chi connectivity index (χ0v) is 10.2. The van der Waals surface area contributed by atoms with Gasteiger partial charge in [-0.25, -0.2) is 8.78 Å². The van der Waals surface area contributed by atoms with Crippen LogP contribution in [0.15, 0.2) is 18.2 Å². The van der Waals surface area contributed by atoms with Crippen molar-refractivity contribution in [3.05, 3.63) is 38.9 Å². The first kappa shape index (κ1) is 15.3. The highest BCUT2D eigenvalue weighted by Gasteiger charge is 2.30. The summed E-state index contributed by atoms with van der Waals surface area (Å²) in [5, 5.41) is 20.6. The monoisotopic (exact) mass is 294 g/mol. The van der Waals surface area contributed by atoms with Gasteiger partial charge in [-0.1, -0.05) is 17.7 Å². The maximum absolute atomic E-state index is 12.8. The van der Waals surface area contributed by atoms with Crippen LogP contribution in [-0.4, -0.2) is 35.0 Å². The first-order valence-corrected chi connectivity index (χ1v) is 5.36. The molecule has 0 aliphatic rings. The van der Waals surface area contributed by atoms with Crippen LogP contribution in [0.4, 0.5) is 14.5 Å². The minimum Gasteiger partial charge on any atom is -0.390 e. The molecule has 1 amide bonds. The lowest BCUT2D eigenvalue weighted by Gasteiger charge is -2.14. The fourth-order valence-corrected chi connectivity index (χ4v) is 1.50. The van der Waals surface area contributed by atoms with Crippen molar-refractivity contribution in [2.24, 2.45) is 0 Å². The summed E-state index contributed by atoms with van der Waals surface area (Å²) in [7, 11) is 0. The molecule has 0 fully saturated rings. The number of carbonyl (C=O) groups excluding carboxylic acids is 1. The molecular formula is C10H9ClF2N2O4. The maximum Gasteiger partial charge on any atom is 0.287 e.